The van der Waals surface area contributed by atoms with Crippen molar-refractivity contribution in [3.05, 3.63) is 5.51 Å². The second kappa shape index (κ2) is 5.66. The molecular formula is C14H21N5O2S. The van der Waals surface area contributed by atoms with E-state index in [1.807, 2.05) is 4.90 Å². The minimum atomic E-state index is -0.261. The molecule has 1 atom stereocenters. The molecule has 8 heteroatoms. The Kier molecular flexibility index (Phi) is 3.65. The van der Waals surface area contributed by atoms with Crippen LogP contribution in [0.3, 0.4) is 0 Å². The molecule has 4 rings (SSSR count). The van der Waals surface area contributed by atoms with Crippen LogP contribution >= 0.6 is 11.3 Å². The van der Waals surface area contributed by atoms with Gasteiger partial charge in [0.1, 0.15) is 11.1 Å². The predicted molar refractivity (Wildman–Crippen MR) is 83.2 cm³/mol. The number of piperidine rings is 1. The molecule has 1 unspecified atom stereocenters. The van der Waals surface area contributed by atoms with Gasteiger partial charge in [0.05, 0.1) is 19.7 Å². The van der Waals surface area contributed by atoms with E-state index in [9.17, 15) is 4.79 Å². The second-order valence-electron chi connectivity index (χ2n) is 6.42. The number of morpholine rings is 1. The smallest absolute Gasteiger partial charge is 0.317 e. The first-order valence-corrected chi connectivity index (χ1v) is 8.83. The van der Waals surface area contributed by atoms with Gasteiger partial charge in [-0.3, -0.25) is 0 Å². The zero-order chi connectivity index (χ0) is 15.0. The van der Waals surface area contributed by atoms with Gasteiger partial charge in [-0.1, -0.05) is 11.3 Å². The summed E-state index contributed by atoms with van der Waals surface area (Å²) < 4.78 is 6.13. The molecule has 22 heavy (non-hydrogen) atoms. The highest BCUT2D eigenvalue weighted by Gasteiger charge is 2.43. The molecule has 1 aliphatic carbocycles. The summed E-state index contributed by atoms with van der Waals surface area (Å²) in [6, 6.07) is 0.466. The Hall–Kier alpha value is -1.41. The average molecular weight is 323 g/mol. The maximum atomic E-state index is 12.3. The topological polar surface area (TPSA) is 70.6 Å². The van der Waals surface area contributed by atoms with E-state index in [2.05, 4.69) is 20.4 Å². The molecule has 2 saturated heterocycles. The monoisotopic (exact) mass is 323 g/mol. The Morgan fingerprint density at radius 3 is 3.09 bits per heavy atom. The summed E-state index contributed by atoms with van der Waals surface area (Å²) in [6.45, 7) is 3.73. The van der Waals surface area contributed by atoms with E-state index in [1.165, 1.54) is 0 Å². The number of hydrogen-bond acceptors (Lipinski definition) is 6. The van der Waals surface area contributed by atoms with Crippen LogP contribution in [-0.2, 0) is 4.74 Å². The van der Waals surface area contributed by atoms with E-state index < -0.39 is 0 Å². The summed E-state index contributed by atoms with van der Waals surface area (Å²) in [7, 11) is 0. The fourth-order valence-corrected chi connectivity index (χ4v) is 3.91. The van der Waals surface area contributed by atoms with Gasteiger partial charge in [0.2, 0.25) is 5.13 Å². The molecule has 0 bridgehead atoms. The molecule has 1 aromatic rings. The Balaban J connectivity index is 1.44. The summed E-state index contributed by atoms with van der Waals surface area (Å²) in [5, 5.41) is 12.1. The number of carbonyl (C=O) groups excluding carboxylic acids is 1. The number of urea groups is 1. The lowest BCUT2D eigenvalue weighted by Crippen LogP contribution is -2.62. The van der Waals surface area contributed by atoms with Crippen LogP contribution in [0.15, 0.2) is 5.51 Å². The molecule has 3 fully saturated rings. The van der Waals surface area contributed by atoms with Crippen LogP contribution in [0.5, 0.6) is 0 Å². The standard InChI is InChI=1S/C14H21N5O2S/c20-12(16-11-2-3-11)18-6-7-21-14(8-18)4-1-5-19(9-14)13-17-15-10-22-13/h10-11H,1-9H2,(H,16,20). The average Bonchev–Trinajstić information content (AvgIpc) is 3.17. The quantitative estimate of drug-likeness (QED) is 0.882. The number of nitrogens with one attached hydrogen (secondary N) is 1. The van der Waals surface area contributed by atoms with Gasteiger partial charge < -0.3 is 19.9 Å². The third kappa shape index (κ3) is 2.89. The van der Waals surface area contributed by atoms with Crippen LogP contribution in [0.2, 0.25) is 0 Å². The maximum Gasteiger partial charge on any atom is 0.317 e. The van der Waals surface area contributed by atoms with Crippen molar-refractivity contribution >= 4 is 22.5 Å². The summed E-state index contributed by atoms with van der Waals surface area (Å²) in [5.41, 5.74) is 1.50. The summed E-state index contributed by atoms with van der Waals surface area (Å²) in [5.74, 6) is 0. The zero-order valence-electron chi connectivity index (χ0n) is 12.5. The SMILES string of the molecule is O=C(NC1CC1)N1CCOC2(CCCN(c3nncs3)C2)C1. The molecule has 1 saturated carbocycles. The van der Waals surface area contributed by atoms with Gasteiger partial charge in [-0.2, -0.15) is 0 Å². The summed E-state index contributed by atoms with van der Waals surface area (Å²) in [6.07, 6.45) is 4.28. The molecule has 3 heterocycles. The van der Waals surface area contributed by atoms with Crippen molar-refractivity contribution in [3.63, 3.8) is 0 Å². The number of rotatable bonds is 2. The maximum absolute atomic E-state index is 12.3. The lowest BCUT2D eigenvalue weighted by molar-refractivity contribution is -0.103. The Labute approximate surface area is 133 Å². The molecule has 2 amide bonds. The van der Waals surface area contributed by atoms with Crippen molar-refractivity contribution < 1.29 is 9.53 Å². The molecule has 120 valence electrons. The third-order valence-electron chi connectivity index (χ3n) is 4.60. The van der Waals surface area contributed by atoms with Crippen LogP contribution in [0, 0.1) is 0 Å². The highest BCUT2D eigenvalue weighted by atomic mass is 32.1. The molecule has 1 spiro atoms. The van der Waals surface area contributed by atoms with Gasteiger partial charge in [-0.25, -0.2) is 4.79 Å². The van der Waals surface area contributed by atoms with Gasteiger partial charge in [-0.05, 0) is 25.7 Å². The Morgan fingerprint density at radius 2 is 2.32 bits per heavy atom. The van der Waals surface area contributed by atoms with Crippen molar-refractivity contribution in [2.45, 2.75) is 37.3 Å². The normalized spacial score (nSPS) is 28.9. The summed E-state index contributed by atoms with van der Waals surface area (Å²) >= 11 is 1.56. The van der Waals surface area contributed by atoms with E-state index in [-0.39, 0.29) is 11.6 Å². The van der Waals surface area contributed by atoms with Crippen molar-refractivity contribution in [1.29, 1.82) is 0 Å². The van der Waals surface area contributed by atoms with E-state index in [4.69, 9.17) is 4.74 Å². The fraction of sp³-hybridized carbons (Fsp3) is 0.786. The number of aromatic nitrogens is 2. The number of carbonyl (C=O) groups is 1. The lowest BCUT2D eigenvalue weighted by atomic mass is 9.91. The highest BCUT2D eigenvalue weighted by molar-refractivity contribution is 7.13. The first-order valence-electron chi connectivity index (χ1n) is 7.95. The van der Waals surface area contributed by atoms with Gasteiger partial charge in [0, 0.05) is 19.1 Å². The number of amides is 2. The van der Waals surface area contributed by atoms with Gasteiger partial charge in [-0.15, -0.1) is 10.2 Å². The van der Waals surface area contributed by atoms with E-state index in [1.54, 1.807) is 16.8 Å². The molecule has 3 aliphatic rings. The first kappa shape index (κ1) is 14.2. The fourth-order valence-electron chi connectivity index (χ4n) is 3.33. The minimum absolute atomic E-state index is 0.0678. The third-order valence-corrected chi connectivity index (χ3v) is 5.35. The summed E-state index contributed by atoms with van der Waals surface area (Å²) in [4.78, 5) is 16.5. The van der Waals surface area contributed by atoms with Crippen molar-refractivity contribution in [2.24, 2.45) is 0 Å². The van der Waals surface area contributed by atoms with Gasteiger partial charge in [0.15, 0.2) is 0 Å². The number of ether oxygens (including phenoxy) is 1. The Morgan fingerprint density at radius 1 is 1.41 bits per heavy atom. The second-order valence-corrected chi connectivity index (χ2v) is 7.23. The number of hydrogen-bond donors (Lipinski definition) is 1. The molecule has 1 aromatic heterocycles. The largest absolute Gasteiger partial charge is 0.369 e. The van der Waals surface area contributed by atoms with Crippen molar-refractivity contribution in [2.75, 3.05) is 37.7 Å². The molecular weight excluding hydrogens is 302 g/mol. The van der Waals surface area contributed by atoms with Crippen LogP contribution in [0.4, 0.5) is 9.93 Å². The molecule has 1 N–H and O–H groups in total. The van der Waals surface area contributed by atoms with E-state index >= 15 is 0 Å². The zero-order valence-corrected chi connectivity index (χ0v) is 13.3. The van der Waals surface area contributed by atoms with Crippen molar-refractivity contribution in [3.8, 4) is 0 Å². The molecule has 0 aromatic carbocycles. The minimum Gasteiger partial charge on any atom is -0.369 e. The highest BCUT2D eigenvalue weighted by Crippen LogP contribution is 2.32. The van der Waals surface area contributed by atoms with Crippen LogP contribution in [0.1, 0.15) is 25.7 Å². The van der Waals surface area contributed by atoms with E-state index in [0.29, 0.717) is 25.7 Å². The number of anilines is 1. The number of nitrogens with zero attached hydrogens (tertiary/aromatic N) is 4. The molecule has 2 aliphatic heterocycles. The first-order chi connectivity index (χ1) is 10.7. The van der Waals surface area contributed by atoms with Crippen LogP contribution in [0.25, 0.3) is 0 Å². The van der Waals surface area contributed by atoms with Crippen LogP contribution < -0.4 is 10.2 Å². The van der Waals surface area contributed by atoms with E-state index in [0.717, 1.165) is 43.9 Å². The van der Waals surface area contributed by atoms with Gasteiger partial charge >= 0.3 is 6.03 Å². The molecule has 0 radical (unpaired) electrons. The molecule has 7 nitrogen and oxygen atoms in total. The van der Waals surface area contributed by atoms with Gasteiger partial charge in [0.25, 0.3) is 0 Å². The predicted octanol–water partition coefficient (Wildman–Crippen LogP) is 1.08. The lowest BCUT2D eigenvalue weighted by Gasteiger charge is -2.47. The van der Waals surface area contributed by atoms with Crippen LogP contribution in [-0.4, -0.2) is 65.6 Å². The van der Waals surface area contributed by atoms with Crippen molar-refractivity contribution in [1.82, 2.24) is 20.4 Å². The Bertz CT molecular complexity index is 531.